The molecule has 0 N–H and O–H groups in total. The van der Waals surface area contributed by atoms with Crippen LogP contribution in [0.25, 0.3) is 0 Å². The minimum Gasteiger partial charge on any atom is -0.179 e. The van der Waals surface area contributed by atoms with Crippen LogP contribution in [0.5, 0.6) is 0 Å². The van der Waals surface area contributed by atoms with Crippen LogP contribution in [-0.4, -0.2) is 5.75 Å². The summed E-state index contributed by atoms with van der Waals surface area (Å²) in [6.07, 6.45) is 47.1. The first-order chi connectivity index (χ1) is 19.2. The molecule has 0 amide bonds. The third-order valence-corrected chi connectivity index (χ3v) is 12.2. The van der Waals surface area contributed by atoms with Gasteiger partial charge < -0.3 is 0 Å². The fourth-order valence-electron chi connectivity index (χ4n) is 8.72. The number of rotatable bonds is 3. The summed E-state index contributed by atoms with van der Waals surface area (Å²) in [5.41, 5.74) is 0.983. The fourth-order valence-corrected chi connectivity index (χ4v) is 9.37. The molecule has 0 aromatic rings. The van der Waals surface area contributed by atoms with Crippen molar-refractivity contribution in [2.75, 3.05) is 5.75 Å². The van der Waals surface area contributed by atoms with Crippen LogP contribution < -0.4 is 0 Å². The molecule has 1 heteroatoms. The summed E-state index contributed by atoms with van der Waals surface area (Å²) in [6.45, 7) is 5.14. The van der Waals surface area contributed by atoms with Crippen LogP contribution in [0.2, 0.25) is 0 Å². The summed E-state index contributed by atoms with van der Waals surface area (Å²) >= 11 is 5.29. The van der Waals surface area contributed by atoms with Crippen LogP contribution in [0.15, 0.2) is 0 Å². The number of thiol groups is 1. The molecule has 2 aliphatic carbocycles. The summed E-state index contributed by atoms with van der Waals surface area (Å²) in [7, 11) is 0. The predicted octanol–water partition coefficient (Wildman–Crippen LogP) is 14.1. The van der Waals surface area contributed by atoms with Crippen molar-refractivity contribution < 1.29 is 0 Å². The summed E-state index contributed by atoms with van der Waals surface area (Å²) in [6, 6.07) is 0. The molecule has 0 saturated heterocycles. The van der Waals surface area contributed by atoms with E-state index in [0.29, 0.717) is 10.8 Å². The molecule has 2 unspecified atom stereocenters. The molecule has 39 heavy (non-hydrogen) atoms. The third kappa shape index (κ3) is 14.4. The molecule has 2 saturated carbocycles. The van der Waals surface area contributed by atoms with E-state index in [-0.39, 0.29) is 0 Å². The average molecular weight is 563 g/mol. The molecular formula is C38H74S. The zero-order chi connectivity index (χ0) is 27.9. The Morgan fingerprint density at radius 2 is 0.692 bits per heavy atom. The van der Waals surface area contributed by atoms with Gasteiger partial charge in [-0.2, -0.15) is 12.6 Å². The lowest BCUT2D eigenvalue weighted by Gasteiger charge is -2.52. The van der Waals surface area contributed by atoms with E-state index in [9.17, 15) is 0 Å². The van der Waals surface area contributed by atoms with E-state index in [2.05, 4.69) is 13.8 Å². The molecule has 0 radical (unpaired) electrons. The molecule has 0 heterocycles. The first-order valence-corrected chi connectivity index (χ1v) is 19.4. The smallest absolute Gasteiger partial charge is 0.00358 e. The van der Waals surface area contributed by atoms with Crippen molar-refractivity contribution >= 4 is 12.6 Å². The Labute approximate surface area is 253 Å². The van der Waals surface area contributed by atoms with Gasteiger partial charge in [0.05, 0.1) is 0 Å². The quantitative estimate of drug-likeness (QED) is 0.325. The summed E-state index contributed by atoms with van der Waals surface area (Å²) in [5, 5.41) is 0. The maximum atomic E-state index is 5.29. The Kier molecular flexibility index (Phi) is 20.9. The Hall–Kier alpha value is 0.350. The normalized spacial score (nSPS) is 30.1. The van der Waals surface area contributed by atoms with Crippen molar-refractivity contribution in [1.82, 2.24) is 0 Å². The molecule has 232 valence electrons. The van der Waals surface area contributed by atoms with Crippen LogP contribution in [-0.2, 0) is 0 Å². The van der Waals surface area contributed by atoms with E-state index < -0.39 is 0 Å². The minimum absolute atomic E-state index is 0.460. The lowest BCUT2D eigenvalue weighted by atomic mass is 9.54. The van der Waals surface area contributed by atoms with Crippen molar-refractivity contribution in [3.63, 3.8) is 0 Å². The highest BCUT2D eigenvalue weighted by molar-refractivity contribution is 7.80. The average Bonchev–Trinajstić information content (AvgIpc) is 2.94. The van der Waals surface area contributed by atoms with Crippen molar-refractivity contribution in [2.24, 2.45) is 16.7 Å². The van der Waals surface area contributed by atoms with E-state index in [1.54, 1.807) is 0 Å². The summed E-state index contributed by atoms with van der Waals surface area (Å²) in [4.78, 5) is 0. The van der Waals surface area contributed by atoms with E-state index in [1.165, 1.54) is 205 Å². The maximum absolute atomic E-state index is 5.29. The van der Waals surface area contributed by atoms with Gasteiger partial charge in [0.1, 0.15) is 0 Å². The van der Waals surface area contributed by atoms with Gasteiger partial charge in [0.2, 0.25) is 0 Å². The van der Waals surface area contributed by atoms with Crippen molar-refractivity contribution in [3.05, 3.63) is 0 Å². The van der Waals surface area contributed by atoms with Gasteiger partial charge in [-0.15, -0.1) is 0 Å². The molecule has 2 aliphatic rings. The second kappa shape index (κ2) is 22.9. The minimum atomic E-state index is 0.460. The van der Waals surface area contributed by atoms with Crippen molar-refractivity contribution in [3.8, 4) is 0 Å². The topological polar surface area (TPSA) is 0 Å². The Morgan fingerprint density at radius 1 is 0.410 bits per heavy atom. The summed E-state index contributed by atoms with van der Waals surface area (Å²) in [5.74, 6) is 2.05. The lowest BCUT2D eigenvalue weighted by Crippen LogP contribution is -2.44. The Morgan fingerprint density at radius 3 is 1.05 bits per heavy atom. The molecule has 0 aliphatic heterocycles. The van der Waals surface area contributed by atoms with Gasteiger partial charge >= 0.3 is 0 Å². The van der Waals surface area contributed by atoms with Crippen LogP contribution in [0, 0.1) is 16.7 Å². The molecule has 2 rings (SSSR count). The van der Waals surface area contributed by atoms with Gasteiger partial charge in [-0.3, -0.25) is 0 Å². The molecule has 0 spiro atoms. The Bertz CT molecular complexity index is 525. The zero-order valence-electron chi connectivity index (χ0n) is 27.4. The van der Waals surface area contributed by atoms with Gasteiger partial charge in [0, 0.05) is 0 Å². The molecular weight excluding hydrogens is 488 g/mol. The molecule has 0 bridgehead atoms. The van der Waals surface area contributed by atoms with E-state index in [1.807, 2.05) is 0 Å². The van der Waals surface area contributed by atoms with Crippen LogP contribution in [0.1, 0.15) is 219 Å². The van der Waals surface area contributed by atoms with Gasteiger partial charge in [0.25, 0.3) is 0 Å². The number of hydrogen-bond acceptors (Lipinski definition) is 1. The van der Waals surface area contributed by atoms with Crippen molar-refractivity contribution in [1.29, 1.82) is 0 Å². The molecule has 2 atom stereocenters. The maximum Gasteiger partial charge on any atom is -0.00358 e. The number of hydrogen-bond donors (Lipinski definition) is 1. The Balaban J connectivity index is 2.15. The first-order valence-electron chi connectivity index (χ1n) is 18.8. The second-order valence-corrected chi connectivity index (χ2v) is 14.9. The SMILES string of the molecule is CCC1(C2(CS)CCCCCCCCCCCCCC(C)CCC2)CCCCCCCCCCCCCCC1. The zero-order valence-corrected chi connectivity index (χ0v) is 28.3. The monoisotopic (exact) mass is 563 g/mol. The third-order valence-electron chi connectivity index (χ3n) is 11.6. The highest BCUT2D eigenvalue weighted by Gasteiger charge is 2.47. The lowest BCUT2D eigenvalue weighted by molar-refractivity contribution is 0.00369. The van der Waals surface area contributed by atoms with Crippen LogP contribution in [0.4, 0.5) is 0 Å². The first kappa shape index (κ1) is 35.5. The second-order valence-electron chi connectivity index (χ2n) is 14.6. The molecule has 0 nitrogen and oxygen atoms in total. The largest absolute Gasteiger partial charge is 0.179 e. The van der Waals surface area contributed by atoms with Gasteiger partial charge in [-0.1, -0.05) is 187 Å². The molecule has 0 aromatic heterocycles. The van der Waals surface area contributed by atoms with Gasteiger partial charge in [0.15, 0.2) is 0 Å². The van der Waals surface area contributed by atoms with Crippen LogP contribution >= 0.6 is 12.6 Å². The van der Waals surface area contributed by atoms with E-state index in [0.717, 1.165) is 11.7 Å². The van der Waals surface area contributed by atoms with Gasteiger partial charge in [-0.05, 0) is 54.6 Å². The van der Waals surface area contributed by atoms with E-state index in [4.69, 9.17) is 12.6 Å². The highest BCUT2D eigenvalue weighted by atomic mass is 32.1. The highest BCUT2D eigenvalue weighted by Crippen LogP contribution is 2.56. The predicted molar refractivity (Wildman–Crippen MR) is 181 cm³/mol. The fraction of sp³-hybridized carbons (Fsp3) is 1.00. The standard InChI is InChI=1S/C38H74S/c1-3-37(31-25-21-17-13-9-5-4-6-10-14-18-22-26-32-37)38(35-39)33-27-23-19-15-11-7-8-12-16-20-24-29-36(2)30-28-34-38/h36,39H,3-35H2,1-2H3. The van der Waals surface area contributed by atoms with Gasteiger partial charge in [-0.25, -0.2) is 0 Å². The van der Waals surface area contributed by atoms with Crippen LogP contribution in [0.3, 0.4) is 0 Å². The molecule has 0 aromatic carbocycles. The molecule has 2 fully saturated rings. The summed E-state index contributed by atoms with van der Waals surface area (Å²) < 4.78 is 0. The van der Waals surface area contributed by atoms with E-state index >= 15 is 0 Å². The van der Waals surface area contributed by atoms with Crippen molar-refractivity contribution in [2.45, 2.75) is 219 Å².